The largest absolute Gasteiger partial charge is 0.354 e. The van der Waals surface area contributed by atoms with E-state index in [4.69, 9.17) is 0 Å². The molecule has 0 unspecified atom stereocenters. The van der Waals surface area contributed by atoms with Gasteiger partial charge in [0.15, 0.2) is 0 Å². The van der Waals surface area contributed by atoms with Crippen molar-refractivity contribution in [2.75, 3.05) is 24.7 Å². The predicted molar refractivity (Wildman–Crippen MR) is 97.9 cm³/mol. The summed E-state index contributed by atoms with van der Waals surface area (Å²) in [4.78, 5) is 41.4. The molecule has 3 amide bonds. The van der Waals surface area contributed by atoms with Gasteiger partial charge >= 0.3 is 0 Å². The number of likely N-dealkylation sites (tertiary alicyclic amines) is 1. The maximum atomic E-state index is 13.0. The topological polar surface area (TPSA) is 69.7 Å². The lowest BCUT2D eigenvalue weighted by molar-refractivity contribution is -0.141. The number of nitrogens with one attached hydrogen (secondary N) is 1. The van der Waals surface area contributed by atoms with Crippen molar-refractivity contribution in [2.45, 2.75) is 58.0 Å². The minimum absolute atomic E-state index is 0.0245. The number of carbonyl (C=O) groups is 3. The van der Waals surface area contributed by atoms with Crippen LogP contribution >= 0.6 is 11.8 Å². The summed E-state index contributed by atoms with van der Waals surface area (Å²) in [6, 6.07) is -0.0738. The SMILES string of the molecule is CC(C)CNC(=O)[C@H]1CSCN1C(=O)[C@@H]1CC(=O)N(C2CCCC2)C1. The lowest BCUT2D eigenvalue weighted by Gasteiger charge is -2.27. The van der Waals surface area contributed by atoms with Crippen molar-refractivity contribution >= 4 is 29.5 Å². The monoisotopic (exact) mass is 367 g/mol. The van der Waals surface area contributed by atoms with Gasteiger partial charge < -0.3 is 15.1 Å². The minimum Gasteiger partial charge on any atom is -0.354 e. The Morgan fingerprint density at radius 3 is 2.68 bits per heavy atom. The van der Waals surface area contributed by atoms with E-state index < -0.39 is 6.04 Å². The highest BCUT2D eigenvalue weighted by Gasteiger charge is 2.43. The third kappa shape index (κ3) is 4.13. The number of hydrogen-bond acceptors (Lipinski definition) is 4. The van der Waals surface area contributed by atoms with Crippen molar-refractivity contribution in [1.29, 1.82) is 0 Å². The van der Waals surface area contributed by atoms with Crippen LogP contribution in [0.15, 0.2) is 0 Å². The van der Waals surface area contributed by atoms with E-state index in [1.54, 1.807) is 16.7 Å². The average Bonchev–Trinajstić information content (AvgIpc) is 3.31. The van der Waals surface area contributed by atoms with Gasteiger partial charge in [0.1, 0.15) is 6.04 Å². The van der Waals surface area contributed by atoms with Crippen LogP contribution < -0.4 is 5.32 Å². The number of hydrogen-bond donors (Lipinski definition) is 1. The van der Waals surface area contributed by atoms with Gasteiger partial charge in [-0.15, -0.1) is 11.8 Å². The first-order valence-electron chi connectivity index (χ1n) is 9.42. The van der Waals surface area contributed by atoms with Gasteiger partial charge in [-0.25, -0.2) is 0 Å². The Hall–Kier alpha value is -1.24. The summed E-state index contributed by atoms with van der Waals surface area (Å²) in [5.41, 5.74) is 0. The van der Waals surface area contributed by atoms with Crippen molar-refractivity contribution in [1.82, 2.24) is 15.1 Å². The van der Waals surface area contributed by atoms with E-state index in [9.17, 15) is 14.4 Å². The Labute approximate surface area is 154 Å². The van der Waals surface area contributed by atoms with Gasteiger partial charge in [-0.3, -0.25) is 14.4 Å². The van der Waals surface area contributed by atoms with Crippen LogP contribution in [0.2, 0.25) is 0 Å². The van der Waals surface area contributed by atoms with Crippen LogP contribution in [-0.4, -0.2) is 64.3 Å². The zero-order valence-electron chi connectivity index (χ0n) is 15.2. The second kappa shape index (κ2) is 7.98. The molecule has 140 valence electrons. The molecule has 3 aliphatic rings. The van der Waals surface area contributed by atoms with Gasteiger partial charge in [-0.2, -0.15) is 0 Å². The highest BCUT2D eigenvalue weighted by molar-refractivity contribution is 7.99. The Morgan fingerprint density at radius 1 is 1.28 bits per heavy atom. The molecule has 3 rings (SSSR count). The van der Waals surface area contributed by atoms with Crippen molar-refractivity contribution < 1.29 is 14.4 Å². The lowest BCUT2D eigenvalue weighted by atomic mass is 10.1. The maximum absolute atomic E-state index is 13.0. The molecule has 2 heterocycles. The quantitative estimate of drug-likeness (QED) is 0.799. The van der Waals surface area contributed by atoms with Gasteiger partial charge in [-0.1, -0.05) is 26.7 Å². The van der Waals surface area contributed by atoms with Crippen molar-refractivity contribution in [3.63, 3.8) is 0 Å². The van der Waals surface area contributed by atoms with E-state index >= 15 is 0 Å². The van der Waals surface area contributed by atoms with Gasteiger partial charge in [0.05, 0.1) is 11.8 Å². The second-order valence-corrected chi connectivity index (χ2v) is 8.85. The Bertz CT molecular complexity index is 534. The third-order valence-corrected chi connectivity index (χ3v) is 6.44. The number of rotatable bonds is 5. The Balaban J connectivity index is 1.60. The predicted octanol–water partition coefficient (Wildman–Crippen LogP) is 1.45. The molecular formula is C18H29N3O3S. The van der Waals surface area contributed by atoms with Crippen LogP contribution in [-0.2, 0) is 14.4 Å². The normalized spacial score (nSPS) is 27.6. The molecule has 1 saturated carbocycles. The van der Waals surface area contributed by atoms with Crippen LogP contribution in [0.25, 0.3) is 0 Å². The van der Waals surface area contributed by atoms with Crippen LogP contribution in [0.3, 0.4) is 0 Å². The molecule has 2 atom stereocenters. The molecule has 0 aromatic heterocycles. The molecule has 1 aliphatic carbocycles. The van der Waals surface area contributed by atoms with E-state index in [0.29, 0.717) is 43.1 Å². The molecule has 0 radical (unpaired) electrons. The van der Waals surface area contributed by atoms with Crippen molar-refractivity contribution in [3.05, 3.63) is 0 Å². The van der Waals surface area contributed by atoms with Crippen molar-refractivity contribution in [2.24, 2.45) is 11.8 Å². The summed E-state index contributed by atoms with van der Waals surface area (Å²) in [7, 11) is 0. The van der Waals surface area contributed by atoms with E-state index in [1.165, 1.54) is 12.8 Å². The molecule has 6 nitrogen and oxygen atoms in total. The summed E-state index contributed by atoms with van der Waals surface area (Å²) in [6.07, 6.45) is 4.78. The average molecular weight is 368 g/mol. The fourth-order valence-electron chi connectivity index (χ4n) is 4.00. The Kier molecular flexibility index (Phi) is 5.92. The first-order valence-corrected chi connectivity index (χ1v) is 10.6. The molecule has 7 heteroatoms. The molecule has 0 bridgehead atoms. The maximum Gasteiger partial charge on any atom is 0.243 e. The van der Waals surface area contributed by atoms with E-state index in [2.05, 4.69) is 5.32 Å². The third-order valence-electron chi connectivity index (χ3n) is 5.43. The van der Waals surface area contributed by atoms with Gasteiger partial charge in [0.25, 0.3) is 0 Å². The molecule has 1 N–H and O–H groups in total. The smallest absolute Gasteiger partial charge is 0.243 e. The van der Waals surface area contributed by atoms with E-state index in [1.807, 2.05) is 18.7 Å². The van der Waals surface area contributed by atoms with E-state index in [-0.39, 0.29) is 23.6 Å². The molecular weight excluding hydrogens is 338 g/mol. The lowest BCUT2D eigenvalue weighted by Crippen LogP contribution is -2.50. The van der Waals surface area contributed by atoms with Gasteiger partial charge in [-0.05, 0) is 18.8 Å². The summed E-state index contributed by atoms with van der Waals surface area (Å²) in [5, 5.41) is 2.94. The molecule has 0 spiro atoms. The zero-order chi connectivity index (χ0) is 18.0. The number of thioether (sulfide) groups is 1. The summed E-state index contributed by atoms with van der Waals surface area (Å²) in [5.74, 6) is 1.31. The molecule has 0 aromatic rings. The molecule has 25 heavy (non-hydrogen) atoms. The van der Waals surface area contributed by atoms with Crippen LogP contribution in [0.1, 0.15) is 46.0 Å². The summed E-state index contributed by atoms with van der Waals surface area (Å²) in [6.45, 7) is 5.26. The first-order chi connectivity index (χ1) is 12.0. The van der Waals surface area contributed by atoms with E-state index in [0.717, 1.165) is 12.8 Å². The summed E-state index contributed by atoms with van der Waals surface area (Å²) >= 11 is 1.61. The molecule has 2 saturated heterocycles. The van der Waals surface area contributed by atoms with Crippen LogP contribution in [0.5, 0.6) is 0 Å². The number of amides is 3. The van der Waals surface area contributed by atoms with Crippen LogP contribution in [0, 0.1) is 11.8 Å². The fraction of sp³-hybridized carbons (Fsp3) is 0.833. The highest BCUT2D eigenvalue weighted by atomic mass is 32.2. The second-order valence-electron chi connectivity index (χ2n) is 7.85. The first kappa shape index (κ1) is 18.5. The number of nitrogens with zero attached hydrogens (tertiary/aromatic N) is 2. The molecule has 0 aromatic carbocycles. The molecule has 2 aliphatic heterocycles. The molecule has 3 fully saturated rings. The minimum atomic E-state index is -0.396. The van der Waals surface area contributed by atoms with Crippen LogP contribution in [0.4, 0.5) is 0 Å². The highest BCUT2D eigenvalue weighted by Crippen LogP contribution is 2.32. The van der Waals surface area contributed by atoms with Gasteiger partial charge in [0, 0.05) is 31.3 Å². The summed E-state index contributed by atoms with van der Waals surface area (Å²) < 4.78 is 0. The zero-order valence-corrected chi connectivity index (χ0v) is 16.0. The standard InChI is InChI=1S/C18H29N3O3S/c1-12(2)8-19-17(23)15-10-25-11-21(15)18(24)13-7-16(22)20(9-13)14-5-3-4-6-14/h12-15H,3-11H2,1-2H3,(H,19,23)/t13-,15-/m1/s1. The fourth-order valence-corrected chi connectivity index (χ4v) is 5.16. The van der Waals surface area contributed by atoms with Crippen molar-refractivity contribution in [3.8, 4) is 0 Å². The number of carbonyl (C=O) groups excluding carboxylic acids is 3. The van der Waals surface area contributed by atoms with Gasteiger partial charge in [0.2, 0.25) is 17.7 Å². The Morgan fingerprint density at radius 2 is 2.00 bits per heavy atom.